The highest BCUT2D eigenvalue weighted by Gasteiger charge is 2.33. The number of nitrogens with one attached hydrogen (secondary N) is 2. The average molecular weight is 254 g/mol. The number of amides is 1. The van der Waals surface area contributed by atoms with Crippen LogP contribution in [-0.4, -0.2) is 35.6 Å². The number of hydrogen-bond acceptors (Lipinski definition) is 3. The number of hydrogen-bond donors (Lipinski definition) is 3. The zero-order valence-corrected chi connectivity index (χ0v) is 10.7. The summed E-state index contributed by atoms with van der Waals surface area (Å²) in [7, 11) is 0. The van der Waals surface area contributed by atoms with Crippen molar-refractivity contribution in [3.63, 3.8) is 0 Å². The van der Waals surface area contributed by atoms with Crippen LogP contribution in [0.25, 0.3) is 0 Å². The van der Waals surface area contributed by atoms with Gasteiger partial charge in [-0.25, -0.2) is 0 Å². The molecule has 3 N–H and O–H groups in total. The molecule has 0 aromatic heterocycles. The molecule has 0 heterocycles. The zero-order chi connectivity index (χ0) is 13.0. The van der Waals surface area contributed by atoms with Crippen molar-refractivity contribution < 1.29 is 14.7 Å². The molecule has 0 bridgehead atoms. The molecule has 2 aliphatic rings. The molecule has 2 fully saturated rings. The molecular formula is C13H22N2O3. The second-order valence-corrected chi connectivity index (χ2v) is 5.47. The predicted molar refractivity (Wildman–Crippen MR) is 67.2 cm³/mol. The summed E-state index contributed by atoms with van der Waals surface area (Å²) in [5, 5.41) is 14.9. The number of carboxylic acids is 1. The van der Waals surface area contributed by atoms with Gasteiger partial charge in [0.1, 0.15) is 0 Å². The summed E-state index contributed by atoms with van der Waals surface area (Å²) in [4.78, 5) is 22.5. The van der Waals surface area contributed by atoms with Gasteiger partial charge in [0.05, 0.1) is 13.0 Å². The fourth-order valence-electron chi connectivity index (χ4n) is 2.65. The first-order valence-electron chi connectivity index (χ1n) is 6.89. The van der Waals surface area contributed by atoms with Crippen LogP contribution in [0.2, 0.25) is 0 Å². The van der Waals surface area contributed by atoms with Gasteiger partial charge >= 0.3 is 5.97 Å². The summed E-state index contributed by atoms with van der Waals surface area (Å²) in [5.74, 6) is -0.535. The summed E-state index contributed by atoms with van der Waals surface area (Å²) in [6.07, 6.45) is 6.89. The van der Waals surface area contributed by atoms with E-state index in [4.69, 9.17) is 5.11 Å². The van der Waals surface area contributed by atoms with Crippen LogP contribution in [0.5, 0.6) is 0 Å². The molecular weight excluding hydrogens is 232 g/mol. The zero-order valence-electron chi connectivity index (χ0n) is 10.7. The SMILES string of the molecule is O=C(O)CC(NC(=O)CNC1CCCC1)C1CC1. The van der Waals surface area contributed by atoms with Gasteiger partial charge in [0.15, 0.2) is 0 Å². The largest absolute Gasteiger partial charge is 0.481 e. The van der Waals surface area contributed by atoms with E-state index in [9.17, 15) is 9.59 Å². The topological polar surface area (TPSA) is 78.4 Å². The van der Waals surface area contributed by atoms with Crippen LogP contribution < -0.4 is 10.6 Å². The molecule has 0 aromatic carbocycles. The Bertz CT molecular complexity index is 309. The summed E-state index contributed by atoms with van der Waals surface area (Å²) in [5.41, 5.74) is 0. The van der Waals surface area contributed by atoms with Crippen molar-refractivity contribution >= 4 is 11.9 Å². The van der Waals surface area contributed by atoms with E-state index < -0.39 is 5.97 Å². The fourth-order valence-corrected chi connectivity index (χ4v) is 2.65. The first kappa shape index (κ1) is 13.3. The molecule has 18 heavy (non-hydrogen) atoms. The maximum Gasteiger partial charge on any atom is 0.305 e. The highest BCUT2D eigenvalue weighted by atomic mass is 16.4. The van der Waals surface area contributed by atoms with Crippen molar-refractivity contribution in [3.05, 3.63) is 0 Å². The number of carbonyl (C=O) groups excluding carboxylic acids is 1. The molecule has 0 aromatic rings. The lowest BCUT2D eigenvalue weighted by molar-refractivity contribution is -0.137. The molecule has 2 saturated carbocycles. The third-order valence-corrected chi connectivity index (χ3v) is 3.84. The lowest BCUT2D eigenvalue weighted by Gasteiger charge is -2.17. The van der Waals surface area contributed by atoms with Crippen molar-refractivity contribution in [2.75, 3.05) is 6.54 Å². The maximum atomic E-state index is 11.8. The van der Waals surface area contributed by atoms with Gasteiger partial charge in [-0.2, -0.15) is 0 Å². The highest BCUT2D eigenvalue weighted by molar-refractivity contribution is 5.79. The van der Waals surface area contributed by atoms with Gasteiger partial charge in [-0.15, -0.1) is 0 Å². The maximum absolute atomic E-state index is 11.8. The lowest BCUT2D eigenvalue weighted by Crippen LogP contribution is -2.44. The minimum Gasteiger partial charge on any atom is -0.481 e. The van der Waals surface area contributed by atoms with E-state index in [1.165, 1.54) is 12.8 Å². The minimum absolute atomic E-state index is 0.0415. The Balaban J connectivity index is 1.68. The summed E-state index contributed by atoms with van der Waals surface area (Å²) in [6.45, 7) is 0.313. The molecule has 2 rings (SSSR count). The first-order chi connectivity index (χ1) is 8.65. The Hall–Kier alpha value is -1.10. The van der Waals surface area contributed by atoms with Crippen LogP contribution in [0.3, 0.4) is 0 Å². The molecule has 5 nitrogen and oxygen atoms in total. The summed E-state index contributed by atoms with van der Waals surface area (Å²) in [6, 6.07) is 0.287. The minimum atomic E-state index is -0.837. The molecule has 0 aliphatic heterocycles. The number of carboxylic acid groups (broad SMARTS) is 1. The molecule has 0 saturated heterocycles. The van der Waals surface area contributed by atoms with Gasteiger partial charge in [0.2, 0.25) is 5.91 Å². The van der Waals surface area contributed by atoms with E-state index in [2.05, 4.69) is 10.6 Å². The van der Waals surface area contributed by atoms with Crippen LogP contribution in [-0.2, 0) is 9.59 Å². The molecule has 102 valence electrons. The predicted octanol–water partition coefficient (Wildman–Crippen LogP) is 0.888. The third kappa shape index (κ3) is 4.29. The van der Waals surface area contributed by atoms with Crippen LogP contribution in [0.15, 0.2) is 0 Å². The van der Waals surface area contributed by atoms with E-state index in [0.717, 1.165) is 25.7 Å². The van der Waals surface area contributed by atoms with Crippen LogP contribution in [0.4, 0.5) is 0 Å². The number of rotatable bonds is 7. The Labute approximate surface area is 107 Å². The molecule has 0 radical (unpaired) electrons. The summed E-state index contributed by atoms with van der Waals surface area (Å²) >= 11 is 0. The quantitative estimate of drug-likeness (QED) is 0.630. The first-order valence-corrected chi connectivity index (χ1v) is 6.89. The molecule has 1 unspecified atom stereocenters. The van der Waals surface area contributed by atoms with Crippen LogP contribution in [0.1, 0.15) is 44.9 Å². The van der Waals surface area contributed by atoms with Crippen molar-refractivity contribution in [2.45, 2.75) is 57.0 Å². The van der Waals surface area contributed by atoms with Crippen molar-refractivity contribution in [1.29, 1.82) is 0 Å². The van der Waals surface area contributed by atoms with Gasteiger partial charge < -0.3 is 15.7 Å². The van der Waals surface area contributed by atoms with Crippen molar-refractivity contribution in [1.82, 2.24) is 10.6 Å². The van der Waals surface area contributed by atoms with E-state index in [1.807, 2.05) is 0 Å². The standard InChI is InChI=1S/C13H22N2O3/c16-12(8-14-10-3-1-2-4-10)15-11(7-13(17)18)9-5-6-9/h9-11,14H,1-8H2,(H,15,16)(H,17,18). The fraction of sp³-hybridized carbons (Fsp3) is 0.846. The molecule has 0 spiro atoms. The lowest BCUT2D eigenvalue weighted by atomic mass is 10.1. The van der Waals surface area contributed by atoms with E-state index in [0.29, 0.717) is 18.5 Å². The highest BCUT2D eigenvalue weighted by Crippen LogP contribution is 2.33. The van der Waals surface area contributed by atoms with Crippen molar-refractivity contribution in [3.8, 4) is 0 Å². The second-order valence-electron chi connectivity index (χ2n) is 5.47. The molecule has 5 heteroatoms. The molecule has 1 atom stereocenters. The Morgan fingerprint density at radius 3 is 2.39 bits per heavy atom. The van der Waals surface area contributed by atoms with Crippen molar-refractivity contribution in [2.24, 2.45) is 5.92 Å². The Kier molecular flexibility index (Phi) is 4.58. The van der Waals surface area contributed by atoms with Gasteiger partial charge in [0, 0.05) is 12.1 Å². The second kappa shape index (κ2) is 6.18. The van der Waals surface area contributed by atoms with E-state index >= 15 is 0 Å². The number of aliphatic carboxylic acids is 1. The number of carbonyl (C=O) groups is 2. The Morgan fingerprint density at radius 1 is 1.17 bits per heavy atom. The van der Waals surface area contributed by atoms with Crippen LogP contribution in [0, 0.1) is 5.92 Å². The van der Waals surface area contributed by atoms with Crippen LogP contribution >= 0.6 is 0 Å². The normalized spacial score (nSPS) is 21.8. The van der Waals surface area contributed by atoms with E-state index in [1.54, 1.807) is 0 Å². The Morgan fingerprint density at radius 2 is 1.83 bits per heavy atom. The summed E-state index contributed by atoms with van der Waals surface area (Å²) < 4.78 is 0. The monoisotopic (exact) mass is 254 g/mol. The average Bonchev–Trinajstić information content (AvgIpc) is 3.02. The van der Waals surface area contributed by atoms with Gasteiger partial charge in [-0.3, -0.25) is 9.59 Å². The molecule has 2 aliphatic carbocycles. The van der Waals surface area contributed by atoms with Gasteiger partial charge in [-0.05, 0) is 31.6 Å². The van der Waals surface area contributed by atoms with Gasteiger partial charge in [-0.1, -0.05) is 12.8 Å². The third-order valence-electron chi connectivity index (χ3n) is 3.84. The smallest absolute Gasteiger partial charge is 0.305 e. The van der Waals surface area contributed by atoms with Gasteiger partial charge in [0.25, 0.3) is 0 Å². The molecule has 1 amide bonds. The van der Waals surface area contributed by atoms with E-state index in [-0.39, 0.29) is 18.4 Å².